The highest BCUT2D eigenvalue weighted by molar-refractivity contribution is 4.95. The molecule has 0 aromatic heterocycles. The highest BCUT2D eigenvalue weighted by atomic mass is 16.5. The first-order valence-corrected chi connectivity index (χ1v) is 6.17. The molecule has 0 radical (unpaired) electrons. The zero-order chi connectivity index (χ0) is 11.4. The predicted molar refractivity (Wildman–Crippen MR) is 65.1 cm³/mol. The van der Waals surface area contributed by atoms with Crippen LogP contribution in [0.2, 0.25) is 0 Å². The summed E-state index contributed by atoms with van der Waals surface area (Å²) in [6, 6.07) is 0. The minimum Gasteiger partial charge on any atom is -0.383 e. The zero-order valence-electron chi connectivity index (χ0n) is 10.9. The largest absolute Gasteiger partial charge is 0.383 e. The first kappa shape index (κ1) is 13.0. The normalized spacial score (nSPS) is 19.2. The summed E-state index contributed by atoms with van der Waals surface area (Å²) in [6.45, 7) is 10.0. The minimum absolute atomic E-state index is 0.488. The van der Waals surface area contributed by atoms with Gasteiger partial charge in [0.05, 0.1) is 6.61 Å². The highest BCUT2D eigenvalue weighted by Crippen LogP contribution is 2.50. The molecule has 0 unspecified atom stereocenters. The first-order chi connectivity index (χ1) is 6.97. The van der Waals surface area contributed by atoms with Crippen LogP contribution in [0.3, 0.4) is 0 Å². The average molecular weight is 213 g/mol. The van der Waals surface area contributed by atoms with E-state index in [1.165, 1.54) is 32.2 Å². The van der Waals surface area contributed by atoms with Gasteiger partial charge in [-0.1, -0.05) is 20.8 Å². The molecule has 0 aromatic rings. The lowest BCUT2D eigenvalue weighted by atomic mass is 9.85. The molecule has 1 fully saturated rings. The Bertz CT molecular complexity index is 179. The summed E-state index contributed by atoms with van der Waals surface area (Å²) in [5.74, 6) is 0. The molecule has 2 heteroatoms. The fraction of sp³-hybridized carbons (Fsp3) is 1.00. The van der Waals surface area contributed by atoms with E-state index in [9.17, 15) is 0 Å². The fourth-order valence-corrected chi connectivity index (χ4v) is 1.86. The number of nitrogens with one attached hydrogen (secondary N) is 1. The van der Waals surface area contributed by atoms with Crippen molar-refractivity contribution < 1.29 is 4.74 Å². The van der Waals surface area contributed by atoms with Crippen molar-refractivity contribution in [1.82, 2.24) is 5.32 Å². The van der Waals surface area contributed by atoms with Gasteiger partial charge in [-0.15, -0.1) is 0 Å². The minimum atomic E-state index is 0.488. The van der Waals surface area contributed by atoms with Crippen molar-refractivity contribution in [3.05, 3.63) is 0 Å². The Kier molecular flexibility index (Phi) is 4.60. The van der Waals surface area contributed by atoms with Crippen LogP contribution in [-0.2, 0) is 4.74 Å². The molecule has 1 saturated carbocycles. The van der Waals surface area contributed by atoms with Gasteiger partial charge >= 0.3 is 0 Å². The van der Waals surface area contributed by atoms with E-state index in [0.29, 0.717) is 10.8 Å². The van der Waals surface area contributed by atoms with E-state index < -0.39 is 0 Å². The lowest BCUT2D eigenvalue weighted by Gasteiger charge is -2.23. The van der Waals surface area contributed by atoms with Crippen molar-refractivity contribution in [3.63, 3.8) is 0 Å². The second kappa shape index (κ2) is 5.31. The Hall–Kier alpha value is -0.0800. The van der Waals surface area contributed by atoms with E-state index >= 15 is 0 Å². The highest BCUT2D eigenvalue weighted by Gasteiger charge is 2.41. The van der Waals surface area contributed by atoms with Crippen LogP contribution in [0.25, 0.3) is 0 Å². The molecule has 0 spiro atoms. The third-order valence-corrected chi connectivity index (χ3v) is 3.35. The first-order valence-electron chi connectivity index (χ1n) is 6.17. The number of rotatable bonds is 7. The van der Waals surface area contributed by atoms with Gasteiger partial charge in [0.25, 0.3) is 0 Å². The molecule has 0 bridgehead atoms. The van der Waals surface area contributed by atoms with Gasteiger partial charge in [0.2, 0.25) is 0 Å². The zero-order valence-corrected chi connectivity index (χ0v) is 10.9. The lowest BCUT2D eigenvalue weighted by molar-refractivity contribution is 0.195. The summed E-state index contributed by atoms with van der Waals surface area (Å²) >= 11 is 0. The van der Waals surface area contributed by atoms with Crippen LogP contribution in [0.1, 0.15) is 46.5 Å². The van der Waals surface area contributed by atoms with Crippen molar-refractivity contribution in [2.45, 2.75) is 46.5 Å². The number of methoxy groups -OCH3 is 1. The fourth-order valence-electron chi connectivity index (χ4n) is 1.86. The van der Waals surface area contributed by atoms with Gasteiger partial charge in [-0.3, -0.25) is 0 Å². The smallest absolute Gasteiger partial charge is 0.0587 e. The van der Waals surface area contributed by atoms with Gasteiger partial charge in [0.1, 0.15) is 0 Å². The second-order valence-electron chi connectivity index (χ2n) is 6.23. The van der Waals surface area contributed by atoms with E-state index in [2.05, 4.69) is 26.1 Å². The molecule has 1 aliphatic carbocycles. The van der Waals surface area contributed by atoms with E-state index in [4.69, 9.17) is 4.74 Å². The Morgan fingerprint density at radius 1 is 1.27 bits per heavy atom. The van der Waals surface area contributed by atoms with Gasteiger partial charge in [-0.25, -0.2) is 0 Å². The van der Waals surface area contributed by atoms with E-state index in [0.717, 1.165) is 13.2 Å². The maximum absolute atomic E-state index is 5.03. The van der Waals surface area contributed by atoms with Crippen molar-refractivity contribution in [3.8, 4) is 0 Å². The molecular formula is C13H27NO. The van der Waals surface area contributed by atoms with Crippen LogP contribution < -0.4 is 5.32 Å². The van der Waals surface area contributed by atoms with Crippen molar-refractivity contribution in [2.75, 3.05) is 26.8 Å². The lowest BCUT2D eigenvalue weighted by Crippen LogP contribution is -2.27. The van der Waals surface area contributed by atoms with Gasteiger partial charge in [-0.2, -0.15) is 0 Å². The molecular weight excluding hydrogens is 186 g/mol. The topological polar surface area (TPSA) is 21.3 Å². The molecule has 0 aliphatic heterocycles. The Morgan fingerprint density at radius 3 is 2.40 bits per heavy atom. The molecule has 1 rings (SSSR count). The van der Waals surface area contributed by atoms with Crippen LogP contribution in [0.5, 0.6) is 0 Å². The van der Waals surface area contributed by atoms with Crippen molar-refractivity contribution in [1.29, 1.82) is 0 Å². The van der Waals surface area contributed by atoms with Crippen LogP contribution in [-0.4, -0.2) is 26.8 Å². The Morgan fingerprint density at radius 2 is 1.93 bits per heavy atom. The predicted octanol–water partition coefficient (Wildman–Crippen LogP) is 2.83. The summed E-state index contributed by atoms with van der Waals surface area (Å²) in [5, 5.41) is 3.50. The summed E-state index contributed by atoms with van der Waals surface area (Å²) in [5.41, 5.74) is 1.13. The number of hydrogen-bond donors (Lipinski definition) is 1. The molecule has 1 aliphatic rings. The molecule has 0 saturated heterocycles. The van der Waals surface area contributed by atoms with Crippen molar-refractivity contribution in [2.24, 2.45) is 10.8 Å². The third-order valence-electron chi connectivity index (χ3n) is 3.35. The third kappa shape index (κ3) is 5.53. The van der Waals surface area contributed by atoms with Gasteiger partial charge in [0.15, 0.2) is 0 Å². The standard InChI is InChI=1S/C13H27NO/c1-12(2,3)5-6-13(7-8-13)11-14-9-10-15-4/h14H,5-11H2,1-4H3. The van der Waals surface area contributed by atoms with E-state index in [1.807, 2.05) is 0 Å². The molecule has 0 amide bonds. The van der Waals surface area contributed by atoms with E-state index in [-0.39, 0.29) is 0 Å². The summed E-state index contributed by atoms with van der Waals surface area (Å²) in [4.78, 5) is 0. The molecule has 90 valence electrons. The van der Waals surface area contributed by atoms with Crippen LogP contribution in [0.15, 0.2) is 0 Å². The number of ether oxygens (including phenoxy) is 1. The maximum atomic E-state index is 5.03. The Balaban J connectivity index is 2.11. The van der Waals surface area contributed by atoms with Crippen molar-refractivity contribution >= 4 is 0 Å². The molecule has 1 N–H and O–H groups in total. The SMILES string of the molecule is COCCNCC1(CCC(C)(C)C)CC1. The van der Waals surface area contributed by atoms with E-state index in [1.54, 1.807) is 7.11 Å². The van der Waals surface area contributed by atoms with Crippen LogP contribution in [0, 0.1) is 10.8 Å². The average Bonchev–Trinajstić information content (AvgIpc) is 2.90. The van der Waals surface area contributed by atoms with Gasteiger partial charge < -0.3 is 10.1 Å². The summed E-state index contributed by atoms with van der Waals surface area (Å²) < 4.78 is 5.03. The van der Waals surface area contributed by atoms with Gasteiger partial charge in [-0.05, 0) is 36.5 Å². The molecule has 0 atom stereocenters. The molecule has 0 heterocycles. The summed E-state index contributed by atoms with van der Waals surface area (Å²) in [6.07, 6.45) is 5.57. The Labute approximate surface area is 94.8 Å². The summed E-state index contributed by atoms with van der Waals surface area (Å²) in [7, 11) is 1.76. The monoisotopic (exact) mass is 213 g/mol. The number of hydrogen-bond acceptors (Lipinski definition) is 2. The van der Waals surface area contributed by atoms with Crippen LogP contribution in [0.4, 0.5) is 0 Å². The van der Waals surface area contributed by atoms with Crippen LogP contribution >= 0.6 is 0 Å². The molecule has 15 heavy (non-hydrogen) atoms. The van der Waals surface area contributed by atoms with Gasteiger partial charge in [0, 0.05) is 20.2 Å². The maximum Gasteiger partial charge on any atom is 0.0587 e. The quantitative estimate of drug-likeness (QED) is 0.657. The molecule has 0 aromatic carbocycles. The second-order valence-corrected chi connectivity index (χ2v) is 6.23. The molecule has 2 nitrogen and oxygen atoms in total.